The highest BCUT2D eigenvalue weighted by Crippen LogP contribution is 2.40. The van der Waals surface area contributed by atoms with Crippen LogP contribution in [0.4, 0.5) is 0 Å². The van der Waals surface area contributed by atoms with Crippen LogP contribution in [0.25, 0.3) is 33.4 Å². The summed E-state index contributed by atoms with van der Waals surface area (Å²) in [5.74, 6) is 0. The molecule has 0 aliphatic rings. The number of carbonyl (C=O) groups excluding carboxylic acids is 2. The van der Waals surface area contributed by atoms with Crippen molar-refractivity contribution < 1.29 is 9.59 Å². The highest BCUT2D eigenvalue weighted by molar-refractivity contribution is 5.96. The number of carbonyl (C=O) groups is 2. The van der Waals surface area contributed by atoms with Gasteiger partial charge in [-0.15, -0.1) is 0 Å². The lowest BCUT2D eigenvalue weighted by atomic mass is 9.87. The van der Waals surface area contributed by atoms with E-state index in [1.807, 2.05) is 60.7 Å². The zero-order valence-electron chi connectivity index (χ0n) is 15.2. The van der Waals surface area contributed by atoms with Crippen LogP contribution in [-0.2, 0) is 0 Å². The Morgan fingerprint density at radius 3 is 1.43 bits per heavy atom. The molecule has 0 spiro atoms. The molecule has 0 aliphatic heterocycles. The first-order valence-electron chi connectivity index (χ1n) is 9.10. The smallest absolute Gasteiger partial charge is 0.150 e. The molecule has 0 unspecified atom stereocenters. The van der Waals surface area contributed by atoms with Crippen molar-refractivity contribution in [3.63, 3.8) is 0 Å². The van der Waals surface area contributed by atoms with Crippen LogP contribution < -0.4 is 0 Å². The summed E-state index contributed by atoms with van der Waals surface area (Å²) in [6.45, 7) is 0. The second-order valence-corrected chi connectivity index (χ2v) is 6.58. The van der Waals surface area contributed by atoms with Crippen LogP contribution in [0.2, 0.25) is 0 Å². The molecule has 0 saturated carbocycles. The molecule has 4 aromatic rings. The molecule has 0 aromatic heterocycles. The number of benzene rings is 4. The predicted molar refractivity (Wildman–Crippen MR) is 114 cm³/mol. The van der Waals surface area contributed by atoms with E-state index in [1.165, 1.54) is 0 Å². The monoisotopic (exact) mass is 362 g/mol. The van der Waals surface area contributed by atoms with Crippen LogP contribution in [0.3, 0.4) is 0 Å². The van der Waals surface area contributed by atoms with Gasteiger partial charge in [0.2, 0.25) is 0 Å². The average molecular weight is 362 g/mol. The van der Waals surface area contributed by atoms with Crippen molar-refractivity contribution in [3.05, 3.63) is 108 Å². The SMILES string of the molecule is O=Cc1cccc(-c2cccc(-c3cccc(C=O)c3)c2-c2ccccc2)c1. The van der Waals surface area contributed by atoms with Gasteiger partial charge in [0, 0.05) is 11.1 Å². The molecular weight excluding hydrogens is 344 g/mol. The van der Waals surface area contributed by atoms with Crippen LogP contribution in [0.15, 0.2) is 97.1 Å². The van der Waals surface area contributed by atoms with E-state index in [4.69, 9.17) is 0 Å². The van der Waals surface area contributed by atoms with E-state index >= 15 is 0 Å². The molecule has 0 aliphatic carbocycles. The first-order chi connectivity index (χ1) is 13.8. The first kappa shape index (κ1) is 17.6. The van der Waals surface area contributed by atoms with Gasteiger partial charge in [-0.3, -0.25) is 9.59 Å². The molecule has 4 aromatic carbocycles. The quantitative estimate of drug-likeness (QED) is 0.390. The van der Waals surface area contributed by atoms with E-state index in [0.29, 0.717) is 11.1 Å². The molecule has 2 nitrogen and oxygen atoms in total. The van der Waals surface area contributed by atoms with E-state index in [2.05, 4.69) is 24.3 Å². The molecule has 0 N–H and O–H groups in total. The lowest BCUT2D eigenvalue weighted by molar-refractivity contribution is 0.111. The maximum absolute atomic E-state index is 11.3. The van der Waals surface area contributed by atoms with Crippen LogP contribution >= 0.6 is 0 Å². The second kappa shape index (κ2) is 7.85. The molecule has 0 amide bonds. The fourth-order valence-electron chi connectivity index (χ4n) is 3.51. The minimum atomic E-state index is 0.643. The molecular formula is C26H18O2. The van der Waals surface area contributed by atoms with Gasteiger partial charge in [-0.1, -0.05) is 84.9 Å². The standard InChI is InChI=1S/C26H18O2/c27-17-19-7-4-11-22(15-19)24-13-6-14-25(23-12-5-8-20(16-23)18-28)26(24)21-9-2-1-3-10-21/h1-18H. The topological polar surface area (TPSA) is 34.1 Å². The van der Waals surface area contributed by atoms with Crippen molar-refractivity contribution in [2.24, 2.45) is 0 Å². The Bertz CT molecular complexity index is 1070. The molecule has 0 atom stereocenters. The van der Waals surface area contributed by atoms with E-state index < -0.39 is 0 Å². The fraction of sp³-hybridized carbons (Fsp3) is 0. The summed E-state index contributed by atoms with van der Waals surface area (Å²) in [5, 5.41) is 0. The summed E-state index contributed by atoms with van der Waals surface area (Å²) in [6.07, 6.45) is 1.73. The normalized spacial score (nSPS) is 10.4. The number of aldehydes is 2. The second-order valence-electron chi connectivity index (χ2n) is 6.58. The van der Waals surface area contributed by atoms with Gasteiger partial charge in [-0.2, -0.15) is 0 Å². The maximum Gasteiger partial charge on any atom is 0.150 e. The van der Waals surface area contributed by atoms with E-state index in [-0.39, 0.29) is 0 Å². The minimum Gasteiger partial charge on any atom is -0.298 e. The Balaban J connectivity index is 2.02. The van der Waals surface area contributed by atoms with Crippen molar-refractivity contribution in [2.75, 3.05) is 0 Å². The van der Waals surface area contributed by atoms with Gasteiger partial charge in [0.15, 0.2) is 0 Å². The van der Waals surface area contributed by atoms with Gasteiger partial charge in [0.25, 0.3) is 0 Å². The summed E-state index contributed by atoms with van der Waals surface area (Å²) < 4.78 is 0. The third-order valence-electron chi connectivity index (χ3n) is 4.79. The average Bonchev–Trinajstić information content (AvgIpc) is 2.79. The zero-order valence-corrected chi connectivity index (χ0v) is 15.2. The summed E-state index contributed by atoms with van der Waals surface area (Å²) in [7, 11) is 0. The molecule has 0 fully saturated rings. The Morgan fingerprint density at radius 1 is 0.464 bits per heavy atom. The molecule has 0 heterocycles. The van der Waals surface area contributed by atoms with Crippen LogP contribution in [-0.4, -0.2) is 12.6 Å². The molecule has 4 rings (SSSR count). The van der Waals surface area contributed by atoms with Gasteiger partial charge < -0.3 is 0 Å². The van der Waals surface area contributed by atoms with Crippen molar-refractivity contribution in [2.45, 2.75) is 0 Å². The van der Waals surface area contributed by atoms with Crippen molar-refractivity contribution >= 4 is 12.6 Å². The van der Waals surface area contributed by atoms with Gasteiger partial charge >= 0.3 is 0 Å². The maximum atomic E-state index is 11.3. The highest BCUT2D eigenvalue weighted by atomic mass is 16.1. The Morgan fingerprint density at radius 2 is 0.929 bits per heavy atom. The van der Waals surface area contributed by atoms with Gasteiger partial charge in [-0.05, 0) is 45.5 Å². The van der Waals surface area contributed by atoms with Crippen LogP contribution in [0, 0.1) is 0 Å². The first-order valence-corrected chi connectivity index (χ1v) is 9.10. The number of rotatable bonds is 5. The Hall–Kier alpha value is -3.78. The highest BCUT2D eigenvalue weighted by Gasteiger charge is 2.14. The Kier molecular flexibility index (Phi) is 4.94. The summed E-state index contributed by atoms with van der Waals surface area (Å²) in [6, 6.07) is 31.6. The molecule has 0 bridgehead atoms. The fourth-order valence-corrected chi connectivity index (χ4v) is 3.51. The van der Waals surface area contributed by atoms with E-state index in [1.54, 1.807) is 12.1 Å². The largest absolute Gasteiger partial charge is 0.298 e. The van der Waals surface area contributed by atoms with E-state index in [0.717, 1.165) is 46.0 Å². The third kappa shape index (κ3) is 3.40. The predicted octanol–water partition coefficient (Wildman–Crippen LogP) is 6.31. The van der Waals surface area contributed by atoms with Crippen LogP contribution in [0.1, 0.15) is 20.7 Å². The lowest BCUT2D eigenvalue weighted by Gasteiger charge is -2.16. The minimum absolute atomic E-state index is 0.643. The number of hydrogen-bond donors (Lipinski definition) is 0. The van der Waals surface area contributed by atoms with Gasteiger partial charge in [0.05, 0.1) is 0 Å². The molecule has 2 heteroatoms. The summed E-state index contributed by atoms with van der Waals surface area (Å²) in [4.78, 5) is 22.5. The van der Waals surface area contributed by atoms with Gasteiger partial charge in [-0.25, -0.2) is 0 Å². The van der Waals surface area contributed by atoms with Crippen molar-refractivity contribution in [3.8, 4) is 33.4 Å². The van der Waals surface area contributed by atoms with Crippen molar-refractivity contribution in [1.82, 2.24) is 0 Å². The summed E-state index contributed by atoms with van der Waals surface area (Å²) >= 11 is 0. The molecule has 0 radical (unpaired) electrons. The third-order valence-corrected chi connectivity index (χ3v) is 4.79. The molecule has 0 saturated heterocycles. The van der Waals surface area contributed by atoms with Crippen LogP contribution in [0.5, 0.6) is 0 Å². The number of hydrogen-bond acceptors (Lipinski definition) is 2. The van der Waals surface area contributed by atoms with Gasteiger partial charge in [0.1, 0.15) is 12.6 Å². The zero-order chi connectivity index (χ0) is 19.3. The lowest BCUT2D eigenvalue weighted by Crippen LogP contribution is -1.92. The van der Waals surface area contributed by atoms with E-state index in [9.17, 15) is 9.59 Å². The molecule has 134 valence electrons. The Labute approximate surface area is 164 Å². The summed E-state index contributed by atoms with van der Waals surface area (Å²) in [5.41, 5.74) is 7.51. The molecule has 28 heavy (non-hydrogen) atoms. The van der Waals surface area contributed by atoms with Crippen molar-refractivity contribution in [1.29, 1.82) is 0 Å².